The first-order valence-electron chi connectivity index (χ1n) is 6.23. The van der Waals surface area contributed by atoms with Gasteiger partial charge in [-0.15, -0.1) is 22.7 Å². The van der Waals surface area contributed by atoms with Crippen LogP contribution in [0.15, 0.2) is 34.6 Å². The number of hydrogen-bond donors (Lipinski definition) is 1. The van der Waals surface area contributed by atoms with Crippen LogP contribution in [0.3, 0.4) is 0 Å². The highest BCUT2D eigenvalue weighted by Gasteiger charge is 2.34. The van der Waals surface area contributed by atoms with E-state index >= 15 is 0 Å². The summed E-state index contributed by atoms with van der Waals surface area (Å²) in [5.74, 6) is -0.634. The Labute approximate surface area is 144 Å². The van der Waals surface area contributed by atoms with Crippen LogP contribution in [-0.2, 0) is 4.79 Å². The van der Waals surface area contributed by atoms with Crippen LogP contribution in [0.1, 0.15) is 19.4 Å². The summed E-state index contributed by atoms with van der Waals surface area (Å²) in [5.41, 5.74) is 2.56. The van der Waals surface area contributed by atoms with Crippen molar-refractivity contribution in [3.63, 3.8) is 0 Å². The molecular weight excluding hydrogens is 356 g/mol. The Bertz CT molecular complexity index is 777. The number of thioether (sulfide) groups is 1. The Kier molecular flexibility index (Phi) is 4.44. The van der Waals surface area contributed by atoms with Crippen molar-refractivity contribution in [2.24, 2.45) is 0 Å². The number of hydrazine groups is 1. The Balaban J connectivity index is 1.77. The zero-order valence-electron chi connectivity index (χ0n) is 11.4. The van der Waals surface area contributed by atoms with Crippen molar-refractivity contribution in [1.82, 2.24) is 10.4 Å². The van der Waals surface area contributed by atoms with E-state index < -0.39 is 0 Å². The molecule has 4 nitrogen and oxygen atoms in total. The molecule has 2 aromatic rings. The molecule has 3 heterocycles. The standard InChI is InChI=1S/C14H10N2O2S4/c1-8-4-5-9(21-8)7-11-13(18)16(14(19)22-11)15-12(17)10-3-2-6-20-10/h2-7H,1H3,(H,15,17)/b11-7-. The molecule has 0 atom stereocenters. The third-order valence-electron chi connectivity index (χ3n) is 2.79. The lowest BCUT2D eigenvalue weighted by molar-refractivity contribution is -0.123. The number of nitrogens with one attached hydrogen (secondary N) is 1. The molecular formula is C14H10N2O2S4. The van der Waals surface area contributed by atoms with Gasteiger partial charge in [0, 0.05) is 9.75 Å². The molecule has 1 aliphatic rings. The number of carbonyl (C=O) groups excluding carboxylic acids is 2. The van der Waals surface area contributed by atoms with Crippen LogP contribution in [0, 0.1) is 6.92 Å². The summed E-state index contributed by atoms with van der Waals surface area (Å²) in [7, 11) is 0. The molecule has 0 unspecified atom stereocenters. The van der Waals surface area contributed by atoms with E-state index in [0.29, 0.717) is 14.1 Å². The third kappa shape index (κ3) is 3.14. The van der Waals surface area contributed by atoms with Gasteiger partial charge < -0.3 is 0 Å². The molecule has 8 heteroatoms. The smallest absolute Gasteiger partial charge is 0.266 e. The molecule has 0 aromatic carbocycles. The molecule has 0 saturated carbocycles. The summed E-state index contributed by atoms with van der Waals surface area (Å²) in [6.45, 7) is 2.01. The van der Waals surface area contributed by atoms with Crippen LogP contribution in [0.5, 0.6) is 0 Å². The van der Waals surface area contributed by atoms with Gasteiger partial charge in [0.25, 0.3) is 11.8 Å². The van der Waals surface area contributed by atoms with E-state index in [4.69, 9.17) is 12.2 Å². The molecule has 0 spiro atoms. The van der Waals surface area contributed by atoms with Crippen molar-refractivity contribution < 1.29 is 9.59 Å². The number of aryl methyl sites for hydroxylation is 1. The lowest BCUT2D eigenvalue weighted by atomic mass is 10.4. The third-order valence-corrected chi connectivity index (χ3v) is 5.91. The summed E-state index contributed by atoms with van der Waals surface area (Å²) in [5, 5.41) is 2.94. The average Bonchev–Trinajstić information content (AvgIpc) is 3.18. The maximum atomic E-state index is 12.4. The molecule has 1 aliphatic heterocycles. The van der Waals surface area contributed by atoms with Gasteiger partial charge >= 0.3 is 0 Å². The highest BCUT2D eigenvalue weighted by atomic mass is 32.2. The highest BCUT2D eigenvalue weighted by Crippen LogP contribution is 2.32. The average molecular weight is 367 g/mol. The first-order valence-corrected chi connectivity index (χ1v) is 9.15. The fourth-order valence-electron chi connectivity index (χ4n) is 1.79. The van der Waals surface area contributed by atoms with Gasteiger partial charge in [-0.3, -0.25) is 15.0 Å². The second kappa shape index (κ2) is 6.33. The van der Waals surface area contributed by atoms with Crippen LogP contribution in [0.2, 0.25) is 0 Å². The van der Waals surface area contributed by atoms with E-state index in [1.807, 2.05) is 19.1 Å². The molecule has 2 amide bonds. The van der Waals surface area contributed by atoms with Crippen LogP contribution >= 0.6 is 46.7 Å². The number of nitrogens with zero attached hydrogens (tertiary/aromatic N) is 1. The van der Waals surface area contributed by atoms with Gasteiger partial charge in [-0.25, -0.2) is 0 Å². The Morgan fingerprint density at radius 3 is 2.82 bits per heavy atom. The molecule has 3 rings (SSSR count). The van der Waals surface area contributed by atoms with Crippen molar-refractivity contribution in [3.05, 3.63) is 49.2 Å². The first kappa shape index (κ1) is 15.4. The van der Waals surface area contributed by atoms with Gasteiger partial charge in [0.15, 0.2) is 4.32 Å². The first-order chi connectivity index (χ1) is 10.5. The quantitative estimate of drug-likeness (QED) is 0.665. The van der Waals surface area contributed by atoms with E-state index in [-0.39, 0.29) is 11.8 Å². The fraction of sp³-hybridized carbons (Fsp3) is 0.0714. The molecule has 0 aliphatic carbocycles. The van der Waals surface area contributed by atoms with E-state index in [1.165, 1.54) is 28.0 Å². The number of thiophene rings is 2. The lowest BCUT2D eigenvalue weighted by Crippen LogP contribution is -2.44. The second-order valence-corrected chi connectivity index (χ2v) is 8.33. The van der Waals surface area contributed by atoms with Crippen molar-refractivity contribution in [3.8, 4) is 0 Å². The molecule has 1 N–H and O–H groups in total. The molecule has 2 aromatic heterocycles. The van der Waals surface area contributed by atoms with Gasteiger partial charge in [-0.2, -0.15) is 5.01 Å². The minimum atomic E-state index is -0.334. The zero-order valence-corrected chi connectivity index (χ0v) is 14.6. The van der Waals surface area contributed by atoms with Crippen molar-refractivity contribution in [2.75, 3.05) is 0 Å². The Hall–Kier alpha value is -1.48. The summed E-state index contributed by atoms with van der Waals surface area (Å²) >= 11 is 9.28. The minimum absolute atomic E-state index is 0.300. The van der Waals surface area contributed by atoms with Crippen molar-refractivity contribution in [2.45, 2.75) is 6.92 Å². The number of carbonyl (C=O) groups is 2. The topological polar surface area (TPSA) is 49.4 Å². The predicted octanol–water partition coefficient (Wildman–Crippen LogP) is 3.66. The zero-order chi connectivity index (χ0) is 15.7. The Morgan fingerprint density at radius 1 is 1.36 bits per heavy atom. The predicted molar refractivity (Wildman–Crippen MR) is 95.9 cm³/mol. The number of hydrogen-bond acceptors (Lipinski definition) is 6. The highest BCUT2D eigenvalue weighted by molar-refractivity contribution is 8.26. The minimum Gasteiger partial charge on any atom is -0.266 e. The van der Waals surface area contributed by atoms with Gasteiger partial charge in [-0.05, 0) is 48.8 Å². The monoisotopic (exact) mass is 366 g/mol. The van der Waals surface area contributed by atoms with E-state index in [9.17, 15) is 9.59 Å². The molecule has 0 bridgehead atoms. The molecule has 112 valence electrons. The van der Waals surface area contributed by atoms with Gasteiger partial charge in [0.2, 0.25) is 0 Å². The summed E-state index contributed by atoms with van der Waals surface area (Å²) < 4.78 is 0.328. The fourth-order valence-corrected chi connectivity index (χ4v) is 4.47. The van der Waals surface area contributed by atoms with Crippen molar-refractivity contribution >= 4 is 68.9 Å². The number of amides is 2. The van der Waals surface area contributed by atoms with Crippen LogP contribution < -0.4 is 5.43 Å². The van der Waals surface area contributed by atoms with E-state index in [0.717, 1.165) is 9.89 Å². The number of thiocarbonyl (C=S) groups is 1. The van der Waals surface area contributed by atoms with Crippen LogP contribution in [0.25, 0.3) is 6.08 Å². The second-order valence-electron chi connectivity index (χ2n) is 4.38. The van der Waals surface area contributed by atoms with Gasteiger partial charge in [0.05, 0.1) is 9.78 Å². The maximum absolute atomic E-state index is 12.4. The summed E-state index contributed by atoms with van der Waals surface area (Å²) in [6.07, 6.45) is 1.80. The van der Waals surface area contributed by atoms with Gasteiger partial charge in [0.1, 0.15) is 0 Å². The summed E-state index contributed by atoms with van der Waals surface area (Å²) in [6, 6.07) is 7.43. The molecule has 1 fully saturated rings. The SMILES string of the molecule is Cc1ccc(/C=C2\SC(=S)N(NC(=O)c3cccs3)C2=O)s1. The van der Waals surface area contributed by atoms with E-state index in [2.05, 4.69) is 5.43 Å². The molecule has 22 heavy (non-hydrogen) atoms. The maximum Gasteiger partial charge on any atom is 0.285 e. The van der Waals surface area contributed by atoms with Crippen LogP contribution in [-0.4, -0.2) is 21.1 Å². The normalized spacial score (nSPS) is 16.6. The molecule has 1 saturated heterocycles. The Morgan fingerprint density at radius 2 is 2.18 bits per heavy atom. The van der Waals surface area contributed by atoms with Gasteiger partial charge in [-0.1, -0.05) is 17.8 Å². The lowest BCUT2D eigenvalue weighted by Gasteiger charge is -2.14. The van der Waals surface area contributed by atoms with Crippen LogP contribution in [0.4, 0.5) is 0 Å². The van der Waals surface area contributed by atoms with Crippen molar-refractivity contribution in [1.29, 1.82) is 0 Å². The largest absolute Gasteiger partial charge is 0.285 e. The summed E-state index contributed by atoms with van der Waals surface area (Å²) in [4.78, 5) is 27.6. The molecule has 0 radical (unpaired) electrons. The van der Waals surface area contributed by atoms with E-state index in [1.54, 1.807) is 34.9 Å². The number of rotatable bonds is 3.